The maximum atomic E-state index is 12.7. The molecule has 0 atom stereocenters. The highest BCUT2D eigenvalue weighted by Gasteiger charge is 2.18. The summed E-state index contributed by atoms with van der Waals surface area (Å²) in [6, 6.07) is 1.25. The lowest BCUT2D eigenvalue weighted by molar-refractivity contribution is 0.440. The zero-order valence-electron chi connectivity index (χ0n) is 6.30. The van der Waals surface area contributed by atoms with E-state index in [0.717, 1.165) is 0 Å². The van der Waals surface area contributed by atoms with Crippen LogP contribution in [0.1, 0.15) is 5.56 Å². The van der Waals surface area contributed by atoms with Crippen molar-refractivity contribution in [1.82, 2.24) is 0 Å². The molecule has 4 heteroatoms. The molecule has 0 unspecified atom stereocenters. The second kappa shape index (κ2) is 3.48. The molecule has 0 aliphatic carbocycles. The van der Waals surface area contributed by atoms with Gasteiger partial charge in [-0.3, -0.25) is 0 Å². The molecule has 67 valence electrons. The lowest BCUT2D eigenvalue weighted by Gasteiger charge is -2.02. The van der Waals surface area contributed by atoms with E-state index in [9.17, 15) is 17.6 Å². The Morgan fingerprint density at radius 1 is 1.08 bits per heavy atom. The molecule has 0 nitrogen and oxygen atoms in total. The molecule has 0 saturated carbocycles. The van der Waals surface area contributed by atoms with Crippen LogP contribution in [0, 0.1) is 41.7 Å². The van der Waals surface area contributed by atoms with Gasteiger partial charge in [0.2, 0.25) is 0 Å². The van der Waals surface area contributed by atoms with E-state index in [0.29, 0.717) is 0 Å². The van der Waals surface area contributed by atoms with E-state index in [1.165, 1.54) is 6.07 Å². The third kappa shape index (κ3) is 1.64. The molecular formula is C9H3F4. The van der Waals surface area contributed by atoms with Crippen LogP contribution >= 0.6 is 0 Å². The molecule has 0 amide bonds. The van der Waals surface area contributed by atoms with Gasteiger partial charge >= 0.3 is 0 Å². The number of halogens is 4. The van der Waals surface area contributed by atoms with E-state index >= 15 is 0 Å². The van der Waals surface area contributed by atoms with E-state index in [4.69, 9.17) is 6.42 Å². The first kappa shape index (κ1) is 9.59. The Labute approximate surface area is 72.2 Å². The Bertz CT molecular complexity index is 350. The summed E-state index contributed by atoms with van der Waals surface area (Å²) in [6.07, 6.45) is 4.26. The molecule has 0 aliphatic heterocycles. The van der Waals surface area contributed by atoms with E-state index in [1.807, 2.05) is 5.92 Å². The van der Waals surface area contributed by atoms with Gasteiger partial charge in [-0.05, 0) is 0 Å². The molecule has 0 N–H and O–H groups in total. The fraction of sp³-hybridized carbons (Fsp3) is 0.111. The highest BCUT2D eigenvalue weighted by Crippen LogP contribution is 2.18. The maximum Gasteiger partial charge on any atom is 0.170 e. The van der Waals surface area contributed by atoms with Crippen molar-refractivity contribution < 1.29 is 17.6 Å². The molecule has 13 heavy (non-hydrogen) atoms. The minimum atomic E-state index is -1.57. The summed E-state index contributed by atoms with van der Waals surface area (Å²) in [5.41, 5.74) is -0.781. The number of terminal acetylenes is 1. The first-order valence-electron chi connectivity index (χ1n) is 3.25. The predicted molar refractivity (Wildman–Crippen MR) is 37.6 cm³/mol. The topological polar surface area (TPSA) is 0 Å². The van der Waals surface area contributed by atoms with Gasteiger partial charge < -0.3 is 0 Å². The minimum absolute atomic E-state index is 0.500. The van der Waals surface area contributed by atoms with E-state index in [-0.39, 0.29) is 0 Å². The molecule has 1 aromatic rings. The van der Waals surface area contributed by atoms with Gasteiger partial charge in [-0.25, -0.2) is 17.6 Å². The summed E-state index contributed by atoms with van der Waals surface area (Å²) < 4.78 is 50.3. The first-order valence-corrected chi connectivity index (χ1v) is 3.25. The summed E-state index contributed by atoms with van der Waals surface area (Å²) in [5.74, 6) is -4.22. The Kier molecular flexibility index (Phi) is 2.57. The number of hydrogen-bond acceptors (Lipinski definition) is 0. The van der Waals surface area contributed by atoms with Gasteiger partial charge in [0, 0.05) is 12.0 Å². The Hall–Kier alpha value is -1.50. The van der Waals surface area contributed by atoms with Crippen LogP contribution in [-0.4, -0.2) is 0 Å². The Balaban J connectivity index is 3.39. The van der Waals surface area contributed by atoms with Crippen molar-refractivity contribution in [2.45, 2.75) is 6.42 Å². The van der Waals surface area contributed by atoms with Crippen LogP contribution in [0.3, 0.4) is 0 Å². The predicted octanol–water partition coefficient (Wildman–Crippen LogP) is 2.22. The normalized spacial score (nSPS) is 9.77. The monoisotopic (exact) mass is 187 g/mol. The molecule has 1 aromatic carbocycles. The second-order valence-corrected chi connectivity index (χ2v) is 2.24. The molecule has 0 aromatic heterocycles. The van der Waals surface area contributed by atoms with Crippen LogP contribution in [0.5, 0.6) is 0 Å². The third-order valence-electron chi connectivity index (χ3n) is 1.41. The smallest absolute Gasteiger partial charge is 0.170 e. The van der Waals surface area contributed by atoms with Gasteiger partial charge in [0.05, 0.1) is 6.07 Å². The summed E-state index contributed by atoms with van der Waals surface area (Å²) in [5, 5.41) is 0. The Morgan fingerprint density at radius 3 is 1.92 bits per heavy atom. The van der Waals surface area contributed by atoms with Crippen molar-refractivity contribution in [3.05, 3.63) is 34.9 Å². The van der Waals surface area contributed by atoms with Gasteiger partial charge in [-0.1, -0.05) is 0 Å². The van der Waals surface area contributed by atoms with Crippen LogP contribution < -0.4 is 0 Å². The van der Waals surface area contributed by atoms with Crippen LogP contribution in [0.2, 0.25) is 0 Å². The largest absolute Gasteiger partial charge is 0.203 e. The van der Waals surface area contributed by atoms with E-state index in [2.05, 4.69) is 0 Å². The Morgan fingerprint density at radius 2 is 1.54 bits per heavy atom. The zero-order valence-corrected chi connectivity index (χ0v) is 6.30. The SMILES string of the molecule is C#CCc1c(F)c(F)[c]c(F)c1F. The average Bonchev–Trinajstić information content (AvgIpc) is 2.09. The van der Waals surface area contributed by atoms with Gasteiger partial charge in [0.1, 0.15) is 0 Å². The minimum Gasteiger partial charge on any atom is -0.203 e. The van der Waals surface area contributed by atoms with E-state index in [1.54, 1.807) is 0 Å². The number of hydrogen-bond donors (Lipinski definition) is 0. The lowest BCUT2D eigenvalue weighted by atomic mass is 10.1. The van der Waals surface area contributed by atoms with Crippen molar-refractivity contribution in [2.75, 3.05) is 0 Å². The average molecular weight is 187 g/mol. The van der Waals surface area contributed by atoms with Gasteiger partial charge in [0.25, 0.3) is 0 Å². The number of rotatable bonds is 1. The highest BCUT2D eigenvalue weighted by molar-refractivity contribution is 5.25. The highest BCUT2D eigenvalue weighted by atomic mass is 19.2. The quantitative estimate of drug-likeness (QED) is 0.359. The summed E-state index contributed by atoms with van der Waals surface area (Å²) in [4.78, 5) is 0. The van der Waals surface area contributed by atoms with Crippen LogP contribution in [0.4, 0.5) is 17.6 Å². The molecule has 0 saturated heterocycles. The zero-order chi connectivity index (χ0) is 10.0. The molecule has 0 fully saturated rings. The van der Waals surface area contributed by atoms with Crippen molar-refractivity contribution in [3.63, 3.8) is 0 Å². The van der Waals surface area contributed by atoms with Gasteiger partial charge in [-0.2, -0.15) is 0 Å². The van der Waals surface area contributed by atoms with Crippen molar-refractivity contribution >= 4 is 0 Å². The molecular weight excluding hydrogens is 184 g/mol. The molecule has 0 bridgehead atoms. The fourth-order valence-electron chi connectivity index (χ4n) is 0.825. The van der Waals surface area contributed by atoms with E-state index < -0.39 is 35.3 Å². The first-order chi connectivity index (χ1) is 6.07. The fourth-order valence-corrected chi connectivity index (χ4v) is 0.825. The maximum absolute atomic E-state index is 12.7. The molecule has 1 rings (SSSR count). The van der Waals surface area contributed by atoms with Crippen LogP contribution in [0.25, 0.3) is 0 Å². The molecule has 0 aliphatic rings. The van der Waals surface area contributed by atoms with Crippen LogP contribution in [0.15, 0.2) is 0 Å². The van der Waals surface area contributed by atoms with Gasteiger partial charge in [-0.15, -0.1) is 12.3 Å². The van der Waals surface area contributed by atoms with Crippen molar-refractivity contribution in [2.24, 2.45) is 0 Å². The summed E-state index contributed by atoms with van der Waals surface area (Å²) >= 11 is 0. The molecule has 0 heterocycles. The van der Waals surface area contributed by atoms with Crippen molar-refractivity contribution in [1.29, 1.82) is 0 Å². The number of benzene rings is 1. The molecule has 0 spiro atoms. The summed E-state index contributed by atoms with van der Waals surface area (Å²) in [6.45, 7) is 0. The lowest BCUT2D eigenvalue weighted by Crippen LogP contribution is -2.02. The second-order valence-electron chi connectivity index (χ2n) is 2.24. The summed E-state index contributed by atoms with van der Waals surface area (Å²) in [7, 11) is 0. The standard InChI is InChI=1S/C9H3F4/c1-2-3-5-8(12)6(10)4-7(11)9(5)13/h1H,3H2. The van der Waals surface area contributed by atoms with Crippen LogP contribution in [-0.2, 0) is 6.42 Å². The third-order valence-corrected chi connectivity index (χ3v) is 1.41. The van der Waals surface area contributed by atoms with Crippen molar-refractivity contribution in [3.8, 4) is 12.3 Å². The van der Waals surface area contributed by atoms with Gasteiger partial charge in [0.15, 0.2) is 23.3 Å². The molecule has 1 radical (unpaired) electrons.